The molecule has 1 aliphatic heterocycles. The zero-order chi connectivity index (χ0) is 17.3. The second-order valence-electron chi connectivity index (χ2n) is 6.39. The van der Waals surface area contributed by atoms with Crippen LogP contribution >= 0.6 is 11.6 Å². The quantitative estimate of drug-likeness (QED) is 0.822. The summed E-state index contributed by atoms with van der Waals surface area (Å²) in [6.45, 7) is 10.7. The van der Waals surface area contributed by atoms with Crippen molar-refractivity contribution in [1.82, 2.24) is 5.32 Å². The first-order valence-electron chi connectivity index (χ1n) is 7.93. The molecule has 0 aliphatic carbocycles. The maximum absolute atomic E-state index is 9.60. The van der Waals surface area contributed by atoms with Crippen LogP contribution in [0.15, 0.2) is 18.2 Å². The van der Waals surface area contributed by atoms with Crippen molar-refractivity contribution < 1.29 is 9.53 Å². The summed E-state index contributed by atoms with van der Waals surface area (Å²) >= 11 is 6.30. The zero-order valence-corrected chi connectivity index (χ0v) is 15.0. The number of hydrogen-bond acceptors (Lipinski definition) is 5. The molecule has 1 saturated heterocycles. The fourth-order valence-corrected chi connectivity index (χ4v) is 2.50. The van der Waals surface area contributed by atoms with Gasteiger partial charge in [-0.3, -0.25) is 4.79 Å². The van der Waals surface area contributed by atoms with Gasteiger partial charge in [-0.25, -0.2) is 0 Å². The van der Waals surface area contributed by atoms with Crippen LogP contribution in [0.2, 0.25) is 5.02 Å². The lowest BCUT2D eigenvalue weighted by Crippen LogP contribution is -2.43. The highest BCUT2D eigenvalue weighted by molar-refractivity contribution is 6.33. The normalized spacial score (nSPS) is 14.7. The molecule has 1 aliphatic rings. The summed E-state index contributed by atoms with van der Waals surface area (Å²) in [6, 6.07) is 6.26. The Hall–Kier alpha value is -1.30. The van der Waals surface area contributed by atoms with Crippen LogP contribution in [0, 0.1) is 0 Å². The van der Waals surface area contributed by atoms with E-state index < -0.39 is 0 Å². The summed E-state index contributed by atoms with van der Waals surface area (Å²) in [5.41, 5.74) is 7.57. The number of nitrogens with one attached hydrogen (secondary N) is 1. The van der Waals surface area contributed by atoms with Gasteiger partial charge in [0.2, 0.25) is 0 Å². The Labute approximate surface area is 144 Å². The van der Waals surface area contributed by atoms with Crippen molar-refractivity contribution >= 4 is 23.8 Å². The van der Waals surface area contributed by atoms with E-state index in [2.05, 4.69) is 27.1 Å². The average Bonchev–Trinajstić information content (AvgIpc) is 2.48. The van der Waals surface area contributed by atoms with Gasteiger partial charge in [-0.05, 0) is 51.4 Å². The Morgan fingerprint density at radius 3 is 2.43 bits per heavy atom. The van der Waals surface area contributed by atoms with Gasteiger partial charge in [0.15, 0.2) is 0 Å². The van der Waals surface area contributed by atoms with Gasteiger partial charge in [0.25, 0.3) is 6.47 Å². The van der Waals surface area contributed by atoms with Gasteiger partial charge >= 0.3 is 0 Å². The third-order valence-electron chi connectivity index (χ3n) is 3.30. The minimum atomic E-state index is -0.318. The summed E-state index contributed by atoms with van der Waals surface area (Å²) in [4.78, 5) is 11.9. The molecule has 1 heterocycles. The first kappa shape index (κ1) is 19.7. The van der Waals surface area contributed by atoms with Gasteiger partial charge in [0.05, 0.1) is 10.7 Å². The van der Waals surface area contributed by atoms with Crippen LogP contribution in [-0.2, 0) is 16.0 Å². The molecule has 1 fully saturated rings. The monoisotopic (exact) mass is 341 g/mol. The molecular weight excluding hydrogens is 314 g/mol. The zero-order valence-electron chi connectivity index (χ0n) is 14.3. The largest absolute Gasteiger partial charge is 0.462 e. The standard InChI is InChI=1S/C12H18ClN3.C5H10O2/c13-11-9-10(3-4-14)1-2-12(11)16-7-5-15-6-8-16;1-5(2,3)7-4-6/h1-2,9,15H,3-8,14H2;4H,1-3H3. The lowest BCUT2D eigenvalue weighted by molar-refractivity contribution is -0.138. The number of nitrogens with zero attached hydrogens (tertiary/aromatic N) is 1. The third kappa shape index (κ3) is 7.68. The van der Waals surface area contributed by atoms with Crippen LogP contribution in [0.25, 0.3) is 0 Å². The molecule has 5 nitrogen and oxygen atoms in total. The molecule has 3 N–H and O–H groups in total. The maximum atomic E-state index is 9.60. The molecule has 0 aromatic heterocycles. The number of halogens is 1. The fourth-order valence-electron chi connectivity index (χ4n) is 2.18. The smallest absolute Gasteiger partial charge is 0.293 e. The first-order chi connectivity index (χ1) is 10.9. The molecular formula is C17H28ClN3O2. The molecule has 130 valence electrons. The number of anilines is 1. The van der Waals surface area contributed by atoms with Crippen molar-refractivity contribution in [3.8, 4) is 0 Å². The number of nitrogens with two attached hydrogens (primary N) is 1. The highest BCUT2D eigenvalue weighted by Gasteiger charge is 2.13. The summed E-state index contributed by atoms with van der Waals surface area (Å²) in [7, 11) is 0. The molecule has 0 atom stereocenters. The molecule has 1 aromatic rings. The highest BCUT2D eigenvalue weighted by Crippen LogP contribution is 2.27. The predicted molar refractivity (Wildman–Crippen MR) is 96.2 cm³/mol. The minimum absolute atomic E-state index is 0.318. The number of benzene rings is 1. The molecule has 23 heavy (non-hydrogen) atoms. The van der Waals surface area contributed by atoms with E-state index in [0.717, 1.165) is 43.3 Å². The summed E-state index contributed by atoms with van der Waals surface area (Å²) in [5.74, 6) is 0. The van der Waals surface area contributed by atoms with E-state index in [4.69, 9.17) is 17.3 Å². The minimum Gasteiger partial charge on any atom is -0.462 e. The van der Waals surface area contributed by atoms with Crippen LogP contribution < -0.4 is 16.0 Å². The van der Waals surface area contributed by atoms with Gasteiger partial charge in [0, 0.05) is 26.2 Å². The summed E-state index contributed by atoms with van der Waals surface area (Å²) in [6.07, 6.45) is 0.890. The predicted octanol–water partition coefficient (Wildman–Crippen LogP) is 2.21. The van der Waals surface area contributed by atoms with Crippen LogP contribution in [0.4, 0.5) is 5.69 Å². The Balaban J connectivity index is 0.000000322. The number of hydrogen-bond donors (Lipinski definition) is 2. The SMILES string of the molecule is CC(C)(C)OC=O.NCCc1ccc(N2CCNCC2)c(Cl)c1. The van der Waals surface area contributed by atoms with Crippen molar-refractivity contribution in [2.24, 2.45) is 5.73 Å². The fraction of sp³-hybridized carbons (Fsp3) is 0.588. The molecule has 0 unspecified atom stereocenters. The van der Waals surface area contributed by atoms with Crippen molar-refractivity contribution in [1.29, 1.82) is 0 Å². The molecule has 0 radical (unpaired) electrons. The molecule has 0 amide bonds. The van der Waals surface area contributed by atoms with Gasteiger partial charge < -0.3 is 20.7 Å². The van der Waals surface area contributed by atoms with E-state index >= 15 is 0 Å². The number of carbonyl (C=O) groups is 1. The molecule has 0 bridgehead atoms. The summed E-state index contributed by atoms with van der Waals surface area (Å²) < 4.78 is 4.55. The number of ether oxygens (including phenoxy) is 1. The van der Waals surface area contributed by atoms with Crippen LogP contribution in [0.1, 0.15) is 26.3 Å². The molecule has 0 spiro atoms. The first-order valence-corrected chi connectivity index (χ1v) is 8.31. The van der Waals surface area contributed by atoms with Crippen molar-refractivity contribution in [3.05, 3.63) is 28.8 Å². The number of piperazine rings is 1. The van der Waals surface area contributed by atoms with Crippen molar-refractivity contribution in [3.63, 3.8) is 0 Å². The van der Waals surface area contributed by atoms with Gasteiger partial charge in [-0.2, -0.15) is 0 Å². The van der Waals surface area contributed by atoms with Crippen LogP contribution in [0.5, 0.6) is 0 Å². The van der Waals surface area contributed by atoms with E-state index in [1.807, 2.05) is 26.8 Å². The molecule has 1 aromatic carbocycles. The highest BCUT2D eigenvalue weighted by atomic mass is 35.5. The van der Waals surface area contributed by atoms with Crippen molar-refractivity contribution in [2.75, 3.05) is 37.6 Å². The van der Waals surface area contributed by atoms with Crippen LogP contribution in [0.3, 0.4) is 0 Å². The Morgan fingerprint density at radius 2 is 2.00 bits per heavy atom. The lowest BCUT2D eigenvalue weighted by atomic mass is 10.1. The van der Waals surface area contributed by atoms with Gasteiger partial charge in [0.1, 0.15) is 5.60 Å². The Kier molecular flexibility index (Phi) is 8.37. The molecule has 0 saturated carbocycles. The molecule has 2 rings (SSSR count). The Bertz CT molecular complexity index is 483. The van der Waals surface area contributed by atoms with E-state index in [9.17, 15) is 4.79 Å². The maximum Gasteiger partial charge on any atom is 0.293 e. The average molecular weight is 342 g/mol. The van der Waals surface area contributed by atoms with Gasteiger partial charge in [-0.15, -0.1) is 0 Å². The number of carbonyl (C=O) groups excluding carboxylic acids is 1. The molecule has 6 heteroatoms. The second kappa shape index (κ2) is 9.75. The van der Waals surface area contributed by atoms with Crippen LogP contribution in [-0.4, -0.2) is 44.8 Å². The van der Waals surface area contributed by atoms with E-state index in [1.54, 1.807) is 0 Å². The van der Waals surface area contributed by atoms with E-state index in [-0.39, 0.29) is 5.60 Å². The number of rotatable bonds is 4. The van der Waals surface area contributed by atoms with E-state index in [0.29, 0.717) is 13.0 Å². The Morgan fingerprint density at radius 1 is 1.35 bits per heavy atom. The topological polar surface area (TPSA) is 67.6 Å². The third-order valence-corrected chi connectivity index (χ3v) is 3.61. The van der Waals surface area contributed by atoms with Gasteiger partial charge in [-0.1, -0.05) is 17.7 Å². The summed E-state index contributed by atoms with van der Waals surface area (Å²) in [5, 5.41) is 4.17. The van der Waals surface area contributed by atoms with E-state index in [1.165, 1.54) is 5.56 Å². The lowest BCUT2D eigenvalue weighted by Gasteiger charge is -2.30. The van der Waals surface area contributed by atoms with Crippen molar-refractivity contribution in [2.45, 2.75) is 32.8 Å². The second-order valence-corrected chi connectivity index (χ2v) is 6.80.